The molecule has 6 nitrogen and oxygen atoms in total. The fraction of sp³-hybridized carbons (Fsp3) is 0.273. The summed E-state index contributed by atoms with van der Waals surface area (Å²) >= 11 is 0. The van der Waals surface area contributed by atoms with E-state index >= 15 is 0 Å². The molecule has 0 saturated carbocycles. The predicted octanol–water partition coefficient (Wildman–Crippen LogP) is 3.76. The minimum absolute atomic E-state index is 0.160. The Labute approximate surface area is 165 Å². The van der Waals surface area contributed by atoms with Crippen molar-refractivity contribution in [2.24, 2.45) is 0 Å². The molecule has 0 bridgehead atoms. The van der Waals surface area contributed by atoms with Crippen LogP contribution < -0.4 is 10.1 Å². The third kappa shape index (κ3) is 5.20. The maximum atomic E-state index is 12.9. The molecule has 1 heterocycles. The molecule has 2 aromatic carbocycles. The summed E-state index contributed by atoms with van der Waals surface area (Å²) in [6.45, 7) is 3.63. The molecule has 3 aromatic rings. The predicted molar refractivity (Wildman–Crippen MR) is 111 cm³/mol. The SMILES string of the molecule is Cc1ccc(-n2ccnc2)c(C(=O)Nc2ccc(OCCCN(C)C)cc2)c1. The van der Waals surface area contributed by atoms with Crippen molar-refractivity contribution in [3.63, 3.8) is 0 Å². The monoisotopic (exact) mass is 378 g/mol. The number of benzene rings is 2. The van der Waals surface area contributed by atoms with Crippen LogP contribution in [-0.2, 0) is 0 Å². The smallest absolute Gasteiger partial charge is 0.257 e. The number of aryl methyl sites for hydroxylation is 1. The molecule has 0 fully saturated rings. The highest BCUT2D eigenvalue weighted by Gasteiger charge is 2.13. The van der Waals surface area contributed by atoms with Gasteiger partial charge in [0.15, 0.2) is 0 Å². The first-order valence-electron chi connectivity index (χ1n) is 9.31. The number of nitrogens with one attached hydrogen (secondary N) is 1. The maximum absolute atomic E-state index is 12.9. The van der Waals surface area contributed by atoms with Gasteiger partial charge in [0, 0.05) is 24.6 Å². The largest absolute Gasteiger partial charge is 0.494 e. The van der Waals surface area contributed by atoms with Crippen molar-refractivity contribution in [3.8, 4) is 11.4 Å². The van der Waals surface area contributed by atoms with Crippen LogP contribution in [0, 0.1) is 6.92 Å². The standard InChI is InChI=1S/C22H26N4O2/c1-17-5-10-21(26-13-11-23-16-26)20(15-17)22(27)24-18-6-8-19(9-7-18)28-14-4-12-25(2)3/h5-11,13,15-16H,4,12,14H2,1-3H3,(H,24,27). The molecule has 1 aromatic heterocycles. The molecule has 0 aliphatic rings. The zero-order chi connectivity index (χ0) is 19.9. The first kappa shape index (κ1) is 19.6. The minimum atomic E-state index is -0.160. The van der Waals surface area contributed by atoms with Gasteiger partial charge in [0.05, 0.1) is 24.2 Å². The van der Waals surface area contributed by atoms with Gasteiger partial charge in [-0.05, 0) is 63.8 Å². The van der Waals surface area contributed by atoms with Gasteiger partial charge in [0.1, 0.15) is 5.75 Å². The summed E-state index contributed by atoms with van der Waals surface area (Å²) in [4.78, 5) is 19.1. The number of ether oxygens (including phenoxy) is 1. The molecule has 3 rings (SSSR count). The van der Waals surface area contributed by atoms with Gasteiger partial charge in [-0.1, -0.05) is 11.6 Å². The van der Waals surface area contributed by atoms with E-state index in [0.29, 0.717) is 12.2 Å². The molecule has 1 N–H and O–H groups in total. The summed E-state index contributed by atoms with van der Waals surface area (Å²) in [5.41, 5.74) is 3.14. The Morgan fingerprint density at radius 3 is 2.64 bits per heavy atom. The van der Waals surface area contributed by atoms with Crippen molar-refractivity contribution >= 4 is 11.6 Å². The second kappa shape index (κ2) is 9.19. The number of hydrogen-bond donors (Lipinski definition) is 1. The van der Waals surface area contributed by atoms with Crippen LogP contribution in [0.3, 0.4) is 0 Å². The highest BCUT2D eigenvalue weighted by molar-refractivity contribution is 6.07. The Balaban J connectivity index is 1.66. The Hall–Kier alpha value is -3.12. The molecule has 1 amide bonds. The van der Waals surface area contributed by atoms with Gasteiger partial charge in [0.25, 0.3) is 5.91 Å². The van der Waals surface area contributed by atoms with Crippen LogP contribution in [0.4, 0.5) is 5.69 Å². The number of nitrogens with zero attached hydrogens (tertiary/aromatic N) is 3. The molecule has 0 atom stereocenters. The lowest BCUT2D eigenvalue weighted by Crippen LogP contribution is -2.16. The van der Waals surface area contributed by atoms with E-state index in [1.807, 2.05) is 74.2 Å². The van der Waals surface area contributed by atoms with Gasteiger partial charge in [0.2, 0.25) is 0 Å². The van der Waals surface area contributed by atoms with Gasteiger partial charge in [-0.15, -0.1) is 0 Å². The summed E-state index contributed by atoms with van der Waals surface area (Å²) in [6, 6.07) is 13.2. The Bertz CT molecular complexity index is 903. The van der Waals surface area contributed by atoms with E-state index in [4.69, 9.17) is 4.74 Å². The van der Waals surface area contributed by atoms with Crippen molar-refractivity contribution < 1.29 is 9.53 Å². The lowest BCUT2D eigenvalue weighted by Gasteiger charge is -2.13. The molecule has 0 saturated heterocycles. The van der Waals surface area contributed by atoms with Crippen LogP contribution in [0.25, 0.3) is 5.69 Å². The lowest BCUT2D eigenvalue weighted by atomic mass is 10.1. The summed E-state index contributed by atoms with van der Waals surface area (Å²) in [5, 5.41) is 2.96. The second-order valence-electron chi connectivity index (χ2n) is 6.97. The Morgan fingerprint density at radius 1 is 1.18 bits per heavy atom. The van der Waals surface area contributed by atoms with Crippen LogP contribution in [0.2, 0.25) is 0 Å². The summed E-state index contributed by atoms with van der Waals surface area (Å²) in [7, 11) is 4.09. The third-order valence-electron chi connectivity index (χ3n) is 4.31. The van der Waals surface area contributed by atoms with E-state index in [9.17, 15) is 4.79 Å². The highest BCUT2D eigenvalue weighted by Crippen LogP contribution is 2.20. The number of amides is 1. The van der Waals surface area contributed by atoms with Crippen LogP contribution in [0.5, 0.6) is 5.75 Å². The van der Waals surface area contributed by atoms with E-state index < -0.39 is 0 Å². The van der Waals surface area contributed by atoms with Gasteiger partial charge in [-0.2, -0.15) is 0 Å². The van der Waals surface area contributed by atoms with Crippen molar-refractivity contribution in [1.82, 2.24) is 14.5 Å². The maximum Gasteiger partial charge on any atom is 0.257 e. The van der Waals surface area contributed by atoms with Gasteiger partial charge in [-0.3, -0.25) is 4.79 Å². The van der Waals surface area contributed by atoms with E-state index in [1.54, 1.807) is 12.5 Å². The van der Waals surface area contributed by atoms with Crippen molar-refractivity contribution in [1.29, 1.82) is 0 Å². The molecule has 6 heteroatoms. The number of carbonyl (C=O) groups excluding carboxylic acids is 1. The quantitative estimate of drug-likeness (QED) is 0.606. The van der Waals surface area contributed by atoms with Crippen LogP contribution in [0.15, 0.2) is 61.2 Å². The first-order chi connectivity index (χ1) is 13.5. The zero-order valence-corrected chi connectivity index (χ0v) is 16.6. The van der Waals surface area contributed by atoms with Crippen molar-refractivity contribution in [2.75, 3.05) is 32.6 Å². The molecule has 0 spiro atoms. The van der Waals surface area contributed by atoms with E-state index in [-0.39, 0.29) is 5.91 Å². The van der Waals surface area contributed by atoms with E-state index in [1.165, 1.54) is 0 Å². The van der Waals surface area contributed by atoms with Gasteiger partial charge >= 0.3 is 0 Å². The average molecular weight is 378 g/mol. The second-order valence-corrected chi connectivity index (χ2v) is 6.97. The number of aromatic nitrogens is 2. The van der Waals surface area contributed by atoms with Crippen molar-refractivity contribution in [3.05, 3.63) is 72.3 Å². The number of hydrogen-bond acceptors (Lipinski definition) is 4. The fourth-order valence-electron chi connectivity index (χ4n) is 2.86. The van der Waals surface area contributed by atoms with Gasteiger partial charge < -0.3 is 19.5 Å². The fourth-order valence-corrected chi connectivity index (χ4v) is 2.86. The van der Waals surface area contributed by atoms with Crippen LogP contribution in [-0.4, -0.2) is 47.6 Å². The summed E-state index contributed by atoms with van der Waals surface area (Å²) in [5.74, 6) is 0.637. The van der Waals surface area contributed by atoms with Gasteiger partial charge in [-0.25, -0.2) is 4.98 Å². The minimum Gasteiger partial charge on any atom is -0.494 e. The molecular weight excluding hydrogens is 352 g/mol. The van der Waals surface area contributed by atoms with E-state index in [2.05, 4.69) is 15.2 Å². The number of rotatable bonds is 8. The topological polar surface area (TPSA) is 59.4 Å². The number of carbonyl (C=O) groups is 1. The van der Waals surface area contributed by atoms with Crippen molar-refractivity contribution in [2.45, 2.75) is 13.3 Å². The first-order valence-corrected chi connectivity index (χ1v) is 9.31. The van der Waals surface area contributed by atoms with E-state index in [0.717, 1.165) is 35.7 Å². The Morgan fingerprint density at radius 2 is 1.96 bits per heavy atom. The van der Waals surface area contributed by atoms with Crippen LogP contribution >= 0.6 is 0 Å². The third-order valence-corrected chi connectivity index (χ3v) is 4.31. The molecule has 0 aliphatic heterocycles. The van der Waals surface area contributed by atoms with Crippen LogP contribution in [0.1, 0.15) is 22.3 Å². The molecule has 146 valence electrons. The molecule has 28 heavy (non-hydrogen) atoms. The molecule has 0 aliphatic carbocycles. The molecule has 0 radical (unpaired) electrons. The normalized spacial score (nSPS) is 10.9. The highest BCUT2D eigenvalue weighted by atomic mass is 16.5. The number of imidazole rings is 1. The summed E-state index contributed by atoms with van der Waals surface area (Å²) in [6.07, 6.45) is 6.17. The Kier molecular flexibility index (Phi) is 6.45. The molecular formula is C22H26N4O2. The summed E-state index contributed by atoms with van der Waals surface area (Å²) < 4.78 is 7.57. The zero-order valence-electron chi connectivity index (χ0n) is 16.6. The number of anilines is 1. The lowest BCUT2D eigenvalue weighted by molar-refractivity contribution is 0.102. The molecule has 0 unspecified atom stereocenters. The average Bonchev–Trinajstić information content (AvgIpc) is 3.21.